The van der Waals surface area contributed by atoms with Crippen LogP contribution in [0.3, 0.4) is 0 Å². The number of H-pyrrole nitrogens is 2. The summed E-state index contributed by atoms with van der Waals surface area (Å²) in [6, 6.07) is 0. The van der Waals surface area contributed by atoms with Gasteiger partial charge >= 0.3 is 0 Å². The number of aromatic nitrogens is 2. The van der Waals surface area contributed by atoms with Gasteiger partial charge in [0, 0.05) is 0 Å². The van der Waals surface area contributed by atoms with Crippen LogP contribution >= 0.6 is 12.2 Å². The molecular formula is C5H6N4O2S. The van der Waals surface area contributed by atoms with Crippen LogP contribution < -0.4 is 11.5 Å². The van der Waals surface area contributed by atoms with Gasteiger partial charge in [0.05, 0.1) is 0 Å². The summed E-state index contributed by atoms with van der Waals surface area (Å²) in [7, 11) is 0. The molecule has 1 rings (SSSR count). The van der Waals surface area contributed by atoms with Crippen LogP contribution in [0.4, 0.5) is 0 Å². The van der Waals surface area contributed by atoms with E-state index in [9.17, 15) is 9.59 Å². The van der Waals surface area contributed by atoms with Crippen LogP contribution in [0.2, 0.25) is 0 Å². The number of nitrogens with two attached hydrogens (primary N) is 2. The van der Waals surface area contributed by atoms with E-state index in [0.29, 0.717) is 0 Å². The van der Waals surface area contributed by atoms with Gasteiger partial charge in [-0.3, -0.25) is 9.59 Å². The predicted molar refractivity (Wildman–Crippen MR) is 43.0 cm³/mol. The largest absolute Gasteiger partial charge is 0.364 e. The molecule has 0 unspecified atom stereocenters. The highest BCUT2D eigenvalue weighted by Gasteiger charge is 2.14. The molecule has 1 aromatic heterocycles. The Morgan fingerprint density at radius 3 is 1.67 bits per heavy atom. The molecule has 0 saturated carbocycles. The fourth-order valence-corrected chi connectivity index (χ4v) is 0.957. The van der Waals surface area contributed by atoms with Crippen molar-refractivity contribution < 1.29 is 9.59 Å². The Morgan fingerprint density at radius 1 is 1.08 bits per heavy atom. The summed E-state index contributed by atoms with van der Waals surface area (Å²) >= 11 is 4.63. The molecule has 6 nitrogen and oxygen atoms in total. The molecule has 0 radical (unpaired) electrons. The number of amides is 2. The highest BCUT2D eigenvalue weighted by molar-refractivity contribution is 7.71. The zero-order valence-electron chi connectivity index (χ0n) is 5.88. The molecule has 6 N–H and O–H groups in total. The van der Waals surface area contributed by atoms with Crippen LogP contribution in [-0.2, 0) is 0 Å². The van der Waals surface area contributed by atoms with Crippen molar-refractivity contribution in [2.24, 2.45) is 11.5 Å². The van der Waals surface area contributed by atoms with Gasteiger partial charge in [0.15, 0.2) is 4.77 Å². The Kier molecular flexibility index (Phi) is 1.96. The first-order valence-electron chi connectivity index (χ1n) is 2.94. The third-order valence-electron chi connectivity index (χ3n) is 1.22. The van der Waals surface area contributed by atoms with Crippen molar-refractivity contribution in [2.45, 2.75) is 0 Å². The van der Waals surface area contributed by atoms with Crippen molar-refractivity contribution in [2.75, 3.05) is 0 Å². The van der Waals surface area contributed by atoms with E-state index in [-0.39, 0.29) is 16.2 Å². The number of aromatic amines is 2. The van der Waals surface area contributed by atoms with E-state index >= 15 is 0 Å². The van der Waals surface area contributed by atoms with Crippen LogP contribution in [0.5, 0.6) is 0 Å². The average Bonchev–Trinajstić information content (AvgIpc) is 2.31. The second kappa shape index (κ2) is 2.78. The summed E-state index contributed by atoms with van der Waals surface area (Å²) in [5, 5.41) is 0. The lowest BCUT2D eigenvalue weighted by Crippen LogP contribution is -2.20. The zero-order chi connectivity index (χ0) is 9.30. The van der Waals surface area contributed by atoms with Gasteiger partial charge in [-0.1, -0.05) is 0 Å². The van der Waals surface area contributed by atoms with Crippen LogP contribution in [0.15, 0.2) is 0 Å². The monoisotopic (exact) mass is 186 g/mol. The molecular weight excluding hydrogens is 180 g/mol. The van der Waals surface area contributed by atoms with E-state index in [4.69, 9.17) is 11.5 Å². The first-order chi connectivity index (χ1) is 5.52. The Balaban J connectivity index is 3.36. The van der Waals surface area contributed by atoms with Crippen molar-refractivity contribution >= 4 is 24.0 Å². The number of rotatable bonds is 2. The number of carbonyl (C=O) groups is 2. The molecule has 1 aromatic rings. The molecule has 0 aliphatic carbocycles. The summed E-state index contributed by atoms with van der Waals surface area (Å²) in [5.74, 6) is -1.56. The third kappa shape index (κ3) is 1.35. The van der Waals surface area contributed by atoms with Gasteiger partial charge in [-0.15, -0.1) is 0 Å². The van der Waals surface area contributed by atoms with Crippen LogP contribution in [0.25, 0.3) is 0 Å². The first kappa shape index (κ1) is 8.47. The summed E-state index contributed by atoms with van der Waals surface area (Å²) in [4.78, 5) is 26.1. The fraction of sp³-hybridized carbons (Fsp3) is 0. The average molecular weight is 186 g/mol. The molecule has 0 aliphatic rings. The lowest BCUT2D eigenvalue weighted by atomic mass is 10.3. The number of imidazole rings is 1. The van der Waals surface area contributed by atoms with Crippen LogP contribution in [-0.4, -0.2) is 21.8 Å². The lowest BCUT2D eigenvalue weighted by Gasteiger charge is -1.91. The minimum atomic E-state index is -0.781. The maximum Gasteiger partial charge on any atom is 0.267 e. The zero-order valence-corrected chi connectivity index (χ0v) is 6.70. The van der Waals surface area contributed by atoms with Gasteiger partial charge in [0.1, 0.15) is 11.4 Å². The van der Waals surface area contributed by atoms with Gasteiger partial charge < -0.3 is 21.4 Å². The predicted octanol–water partition coefficient (Wildman–Crippen LogP) is -0.730. The number of hydrogen-bond acceptors (Lipinski definition) is 3. The molecule has 0 atom stereocenters. The minimum absolute atomic E-state index is 0.0903. The standard InChI is InChI=1S/C5H6N4O2S/c6-3(10)1-2(4(7)11)9-5(12)8-1/h(H2,6,10)(H2,7,11)(H2,8,9,12). The van der Waals surface area contributed by atoms with Gasteiger partial charge in [-0.2, -0.15) is 0 Å². The molecule has 0 saturated heterocycles. The molecule has 2 amide bonds. The third-order valence-corrected chi connectivity index (χ3v) is 1.42. The quantitative estimate of drug-likeness (QED) is 0.456. The van der Waals surface area contributed by atoms with Gasteiger partial charge in [-0.05, 0) is 12.2 Å². The van der Waals surface area contributed by atoms with Crippen molar-refractivity contribution in [3.63, 3.8) is 0 Å². The number of carbonyl (C=O) groups excluding carboxylic acids is 2. The molecule has 64 valence electrons. The molecule has 7 heteroatoms. The van der Waals surface area contributed by atoms with Crippen LogP contribution in [0.1, 0.15) is 21.0 Å². The maximum atomic E-state index is 10.7. The molecule has 0 bridgehead atoms. The second-order valence-corrected chi connectivity index (χ2v) is 2.47. The number of primary amides is 2. The SMILES string of the molecule is NC(=O)c1[nH]c(=S)[nH]c1C(N)=O. The lowest BCUT2D eigenvalue weighted by molar-refractivity contribution is 0.0962. The van der Waals surface area contributed by atoms with E-state index in [2.05, 4.69) is 22.2 Å². The number of hydrogen-bond donors (Lipinski definition) is 4. The minimum Gasteiger partial charge on any atom is -0.364 e. The Hall–Kier alpha value is -1.63. The van der Waals surface area contributed by atoms with Crippen molar-refractivity contribution in [3.05, 3.63) is 16.2 Å². The number of nitrogens with one attached hydrogen (secondary N) is 2. The topological polar surface area (TPSA) is 118 Å². The van der Waals surface area contributed by atoms with E-state index in [1.807, 2.05) is 0 Å². The second-order valence-electron chi connectivity index (χ2n) is 2.06. The van der Waals surface area contributed by atoms with Gasteiger partial charge in [0.2, 0.25) is 0 Å². The van der Waals surface area contributed by atoms with Crippen molar-refractivity contribution in [1.82, 2.24) is 9.97 Å². The molecule has 1 heterocycles. The van der Waals surface area contributed by atoms with E-state index in [1.54, 1.807) is 0 Å². The van der Waals surface area contributed by atoms with Crippen molar-refractivity contribution in [1.29, 1.82) is 0 Å². The summed E-state index contributed by atoms with van der Waals surface area (Å²) in [5.41, 5.74) is 9.66. The van der Waals surface area contributed by atoms with Crippen molar-refractivity contribution in [3.8, 4) is 0 Å². The summed E-state index contributed by atoms with van der Waals surface area (Å²) in [6.45, 7) is 0. The van der Waals surface area contributed by atoms with E-state index in [0.717, 1.165) is 0 Å². The first-order valence-corrected chi connectivity index (χ1v) is 3.35. The Bertz CT molecular complexity index is 356. The van der Waals surface area contributed by atoms with Crippen LogP contribution in [0, 0.1) is 4.77 Å². The Labute approximate surface area is 72.0 Å². The van der Waals surface area contributed by atoms with Gasteiger partial charge in [0.25, 0.3) is 11.8 Å². The Morgan fingerprint density at radius 2 is 1.42 bits per heavy atom. The van der Waals surface area contributed by atoms with Gasteiger partial charge in [-0.25, -0.2) is 0 Å². The summed E-state index contributed by atoms with van der Waals surface area (Å²) < 4.78 is 0.137. The molecule has 12 heavy (non-hydrogen) atoms. The highest BCUT2D eigenvalue weighted by Crippen LogP contribution is 2.01. The fourth-order valence-electron chi connectivity index (χ4n) is 0.753. The normalized spacial score (nSPS) is 9.67. The molecule has 0 aliphatic heterocycles. The smallest absolute Gasteiger partial charge is 0.267 e. The maximum absolute atomic E-state index is 10.7. The van der Waals surface area contributed by atoms with E-state index in [1.165, 1.54) is 0 Å². The molecule has 0 spiro atoms. The molecule has 0 aromatic carbocycles. The van der Waals surface area contributed by atoms with E-state index < -0.39 is 11.8 Å². The highest BCUT2D eigenvalue weighted by atomic mass is 32.1. The molecule has 0 fully saturated rings. The summed E-state index contributed by atoms with van der Waals surface area (Å²) in [6.07, 6.45) is 0.